The van der Waals surface area contributed by atoms with Crippen LogP contribution in [-0.4, -0.2) is 22.4 Å². The second-order valence-electron chi connectivity index (χ2n) is 5.65. The van der Waals surface area contributed by atoms with Crippen LogP contribution in [0, 0.1) is 35.5 Å². The summed E-state index contributed by atoms with van der Waals surface area (Å²) in [6, 6.07) is 0. The molecule has 0 aliphatic heterocycles. The van der Waals surface area contributed by atoms with Gasteiger partial charge >= 0.3 is 0 Å². The van der Waals surface area contributed by atoms with Crippen LogP contribution in [0.3, 0.4) is 0 Å². The highest BCUT2D eigenvalue weighted by molar-refractivity contribution is 5.17. The lowest BCUT2D eigenvalue weighted by Gasteiger charge is -2.27. The molecule has 13 heavy (non-hydrogen) atoms. The van der Waals surface area contributed by atoms with Gasteiger partial charge in [0.1, 0.15) is 0 Å². The van der Waals surface area contributed by atoms with E-state index in [1.807, 2.05) is 0 Å². The molecule has 4 aliphatic rings. The van der Waals surface area contributed by atoms with E-state index in [1.165, 1.54) is 6.42 Å². The van der Waals surface area contributed by atoms with Crippen molar-refractivity contribution in [2.75, 3.05) is 0 Å². The number of hydrogen-bond acceptors (Lipinski definition) is 2. The summed E-state index contributed by atoms with van der Waals surface area (Å²) in [6.45, 7) is 0. The number of fused-ring (bicyclic) bond motifs is 2. The van der Waals surface area contributed by atoms with Crippen molar-refractivity contribution >= 4 is 0 Å². The van der Waals surface area contributed by atoms with Crippen molar-refractivity contribution in [3.63, 3.8) is 0 Å². The smallest absolute Gasteiger partial charge is 0.0577 e. The Hall–Kier alpha value is -0.0800. The summed E-state index contributed by atoms with van der Waals surface area (Å²) >= 11 is 0. The summed E-state index contributed by atoms with van der Waals surface area (Å²) < 4.78 is 0. The van der Waals surface area contributed by atoms with E-state index < -0.39 is 0 Å². The zero-order valence-corrected chi connectivity index (χ0v) is 7.63. The van der Waals surface area contributed by atoms with Crippen LogP contribution in [0.25, 0.3) is 0 Å². The van der Waals surface area contributed by atoms with E-state index in [2.05, 4.69) is 0 Å². The number of rotatable bonds is 0. The van der Waals surface area contributed by atoms with Gasteiger partial charge in [-0.3, -0.25) is 0 Å². The Morgan fingerprint density at radius 1 is 0.615 bits per heavy atom. The van der Waals surface area contributed by atoms with Gasteiger partial charge in [0.05, 0.1) is 12.2 Å². The summed E-state index contributed by atoms with van der Waals surface area (Å²) in [5.41, 5.74) is 0. The fourth-order valence-corrected chi connectivity index (χ4v) is 5.41. The molecule has 0 aromatic carbocycles. The Morgan fingerprint density at radius 2 is 1.08 bits per heavy atom. The van der Waals surface area contributed by atoms with Gasteiger partial charge in [0.2, 0.25) is 0 Å². The molecule has 2 heteroatoms. The third kappa shape index (κ3) is 0.608. The van der Waals surface area contributed by atoms with Crippen LogP contribution in [-0.2, 0) is 0 Å². The third-order valence-electron chi connectivity index (χ3n) is 5.54. The van der Waals surface area contributed by atoms with E-state index in [1.54, 1.807) is 0 Å². The van der Waals surface area contributed by atoms with Gasteiger partial charge in [0.25, 0.3) is 0 Å². The molecular weight excluding hydrogens is 164 g/mol. The average Bonchev–Trinajstić information content (AvgIpc) is 2.67. The zero-order valence-electron chi connectivity index (χ0n) is 7.63. The summed E-state index contributed by atoms with van der Waals surface area (Å²) in [5, 5.41) is 19.9. The van der Waals surface area contributed by atoms with Crippen molar-refractivity contribution in [3.05, 3.63) is 0 Å². The molecule has 0 amide bonds. The van der Waals surface area contributed by atoms with Crippen molar-refractivity contribution in [2.24, 2.45) is 35.5 Å². The molecule has 4 saturated carbocycles. The summed E-state index contributed by atoms with van der Waals surface area (Å²) in [6.07, 6.45) is 3.24. The van der Waals surface area contributed by atoms with E-state index in [4.69, 9.17) is 0 Å². The van der Waals surface area contributed by atoms with Crippen LogP contribution < -0.4 is 0 Å². The summed E-state index contributed by atoms with van der Waals surface area (Å²) in [4.78, 5) is 0. The predicted octanol–water partition coefficient (Wildman–Crippen LogP) is 0.630. The topological polar surface area (TPSA) is 40.5 Å². The first-order chi connectivity index (χ1) is 6.27. The Bertz CT molecular complexity index is 235. The molecule has 2 N–H and O–H groups in total. The van der Waals surface area contributed by atoms with E-state index in [-0.39, 0.29) is 12.2 Å². The molecular formula is C11H16O2. The molecule has 4 aliphatic carbocycles. The lowest BCUT2D eigenvalue weighted by Crippen LogP contribution is -2.30. The predicted molar refractivity (Wildman–Crippen MR) is 46.8 cm³/mol. The molecule has 4 fully saturated rings. The van der Waals surface area contributed by atoms with Crippen molar-refractivity contribution in [1.82, 2.24) is 0 Å². The van der Waals surface area contributed by atoms with Crippen LogP contribution >= 0.6 is 0 Å². The van der Waals surface area contributed by atoms with Crippen molar-refractivity contribution < 1.29 is 10.2 Å². The molecule has 0 aromatic heterocycles. The molecule has 0 unspecified atom stereocenters. The maximum absolute atomic E-state index is 9.93. The van der Waals surface area contributed by atoms with Gasteiger partial charge in [-0.2, -0.15) is 0 Å². The lowest BCUT2D eigenvalue weighted by molar-refractivity contribution is 0.0365. The maximum Gasteiger partial charge on any atom is 0.0577 e. The SMILES string of the molecule is O[C@@H]1C[C@@H]2[C@@H]3C[C@H](O)[C@@H]4[C@H]3C[C@H]2[C@H]41. The quantitative estimate of drug-likeness (QED) is 0.574. The Kier molecular flexibility index (Phi) is 1.09. The molecule has 0 spiro atoms. The summed E-state index contributed by atoms with van der Waals surface area (Å²) in [5.74, 6) is 4.07. The van der Waals surface area contributed by atoms with Crippen molar-refractivity contribution in [2.45, 2.75) is 31.5 Å². The number of aliphatic hydroxyl groups is 2. The highest BCUT2D eigenvalue weighted by atomic mass is 16.3. The third-order valence-corrected chi connectivity index (χ3v) is 5.54. The maximum atomic E-state index is 9.93. The van der Waals surface area contributed by atoms with Gasteiger partial charge in [-0.15, -0.1) is 0 Å². The van der Waals surface area contributed by atoms with Crippen LogP contribution in [0.15, 0.2) is 0 Å². The first kappa shape index (κ1) is 7.24. The van der Waals surface area contributed by atoms with Gasteiger partial charge in [-0.25, -0.2) is 0 Å². The van der Waals surface area contributed by atoms with Crippen LogP contribution in [0.1, 0.15) is 19.3 Å². The van der Waals surface area contributed by atoms with Gasteiger partial charge in [-0.05, 0) is 54.8 Å². The minimum atomic E-state index is -0.0788. The minimum Gasteiger partial charge on any atom is -0.393 e. The van der Waals surface area contributed by atoms with Gasteiger partial charge in [-0.1, -0.05) is 0 Å². The molecule has 2 nitrogen and oxygen atoms in total. The van der Waals surface area contributed by atoms with E-state index in [0.717, 1.165) is 36.5 Å². The fourth-order valence-electron chi connectivity index (χ4n) is 5.41. The normalized spacial score (nSPS) is 72.5. The second-order valence-corrected chi connectivity index (χ2v) is 5.65. The van der Waals surface area contributed by atoms with Gasteiger partial charge in [0.15, 0.2) is 0 Å². The van der Waals surface area contributed by atoms with Gasteiger partial charge < -0.3 is 10.2 Å². The standard InChI is InChI=1S/C11H16O2/c12-8-2-4-5-3-9(13)11-7(5)1-6(4)10(8)11/h4-13H,1-3H2/t4-,5+,6-,7+,8-,9+,10-,11-/m0/s1. The van der Waals surface area contributed by atoms with Gasteiger partial charge in [0, 0.05) is 0 Å². The first-order valence-electron chi connectivity index (χ1n) is 5.63. The minimum absolute atomic E-state index is 0.0788. The molecule has 4 rings (SSSR count). The molecule has 0 heterocycles. The Morgan fingerprint density at radius 3 is 1.54 bits per heavy atom. The largest absolute Gasteiger partial charge is 0.393 e. The van der Waals surface area contributed by atoms with Crippen LogP contribution in [0.4, 0.5) is 0 Å². The van der Waals surface area contributed by atoms with Crippen molar-refractivity contribution in [3.8, 4) is 0 Å². The van der Waals surface area contributed by atoms with E-state index >= 15 is 0 Å². The van der Waals surface area contributed by atoms with Crippen LogP contribution in [0.2, 0.25) is 0 Å². The monoisotopic (exact) mass is 180 g/mol. The molecule has 0 radical (unpaired) electrons. The highest BCUT2D eigenvalue weighted by Crippen LogP contribution is 2.70. The Balaban J connectivity index is 1.86. The average molecular weight is 180 g/mol. The molecule has 0 saturated heterocycles. The van der Waals surface area contributed by atoms with Crippen molar-refractivity contribution in [1.29, 1.82) is 0 Å². The zero-order chi connectivity index (χ0) is 8.74. The molecule has 72 valence electrons. The van der Waals surface area contributed by atoms with E-state index in [9.17, 15) is 10.2 Å². The lowest BCUT2D eigenvalue weighted by atomic mass is 9.79. The first-order valence-corrected chi connectivity index (χ1v) is 5.63. The number of hydrogen-bond donors (Lipinski definition) is 2. The molecule has 0 aromatic rings. The number of aliphatic hydroxyl groups excluding tert-OH is 2. The molecule has 2 bridgehead atoms. The van der Waals surface area contributed by atoms with E-state index in [0.29, 0.717) is 11.8 Å². The summed E-state index contributed by atoms with van der Waals surface area (Å²) in [7, 11) is 0. The van der Waals surface area contributed by atoms with Crippen LogP contribution in [0.5, 0.6) is 0 Å². The fraction of sp³-hybridized carbons (Fsp3) is 1.00. The molecule has 8 atom stereocenters. The Labute approximate surface area is 78.0 Å². The second kappa shape index (κ2) is 1.96. The highest BCUT2D eigenvalue weighted by Gasteiger charge is 2.68.